The third kappa shape index (κ3) is 3.47. The number of nitrogens with zero attached hydrogens (tertiary/aromatic N) is 2. The highest BCUT2D eigenvalue weighted by atomic mass is 79.9. The molecule has 1 aromatic heterocycles. The van der Waals surface area contributed by atoms with Crippen LogP contribution in [0.3, 0.4) is 0 Å². The molecule has 1 aliphatic carbocycles. The van der Waals surface area contributed by atoms with Gasteiger partial charge in [-0.05, 0) is 53.2 Å². The molecule has 1 aliphatic rings. The van der Waals surface area contributed by atoms with E-state index in [-0.39, 0.29) is 5.56 Å². The molecule has 3 rings (SSSR count). The summed E-state index contributed by atoms with van der Waals surface area (Å²) in [5, 5.41) is 4.24. The Labute approximate surface area is 143 Å². The van der Waals surface area contributed by atoms with E-state index in [1.54, 1.807) is 6.20 Å². The number of aromatic nitrogens is 2. The van der Waals surface area contributed by atoms with E-state index in [4.69, 9.17) is 0 Å². The summed E-state index contributed by atoms with van der Waals surface area (Å²) in [4.78, 5) is 12.5. The second-order valence-corrected chi connectivity index (χ2v) is 6.46. The molecule has 0 bridgehead atoms. The van der Waals surface area contributed by atoms with E-state index in [0.29, 0.717) is 16.1 Å². The first kappa shape index (κ1) is 15.8. The number of benzene rings is 1. The van der Waals surface area contributed by atoms with Crippen LogP contribution < -0.4 is 16.4 Å². The Morgan fingerprint density at radius 3 is 2.78 bits per heavy atom. The molecule has 0 spiro atoms. The molecule has 1 aromatic carbocycles. The van der Waals surface area contributed by atoms with Crippen molar-refractivity contribution in [2.24, 2.45) is 5.92 Å². The van der Waals surface area contributed by atoms with Crippen LogP contribution in [-0.2, 0) is 0 Å². The number of allylic oxidation sites excluding steroid dienone is 2. The van der Waals surface area contributed by atoms with Crippen molar-refractivity contribution in [3.63, 3.8) is 0 Å². The summed E-state index contributed by atoms with van der Waals surface area (Å²) in [7, 11) is 0. The van der Waals surface area contributed by atoms with Crippen LogP contribution >= 0.6 is 15.9 Å². The molecule has 0 radical (unpaired) electrons. The summed E-state index contributed by atoms with van der Waals surface area (Å²) in [6, 6.07) is 9.36. The van der Waals surface area contributed by atoms with Gasteiger partial charge in [0, 0.05) is 5.70 Å². The predicted octanol–water partition coefficient (Wildman–Crippen LogP) is 3.62. The number of rotatable bonds is 4. The standard InChI is InChI=1S/C17H19BrN4O/c1-12-7-5-6-10-14(12)20-21-15-11-19-22(17(23)16(15)18)13-8-3-2-4-9-13/h2-4,8-12,20-21H,5-7H2,1H3. The summed E-state index contributed by atoms with van der Waals surface area (Å²) in [5.41, 5.74) is 8.62. The zero-order chi connectivity index (χ0) is 16.2. The maximum Gasteiger partial charge on any atom is 0.287 e. The molecule has 0 fully saturated rings. The molecule has 1 unspecified atom stereocenters. The molecule has 23 heavy (non-hydrogen) atoms. The molecule has 0 saturated carbocycles. The molecule has 0 amide bonds. The molecule has 1 heterocycles. The molecule has 5 nitrogen and oxygen atoms in total. The van der Waals surface area contributed by atoms with Crippen molar-refractivity contribution in [1.82, 2.24) is 15.2 Å². The molecule has 1 atom stereocenters. The summed E-state index contributed by atoms with van der Waals surface area (Å²) < 4.78 is 1.82. The van der Waals surface area contributed by atoms with Gasteiger partial charge in [0.15, 0.2) is 0 Å². The van der Waals surface area contributed by atoms with E-state index < -0.39 is 0 Å². The summed E-state index contributed by atoms with van der Waals surface area (Å²) >= 11 is 3.37. The van der Waals surface area contributed by atoms with E-state index in [1.165, 1.54) is 17.5 Å². The number of hydrazine groups is 1. The average Bonchev–Trinajstić information content (AvgIpc) is 2.58. The summed E-state index contributed by atoms with van der Waals surface area (Å²) in [6.45, 7) is 2.19. The van der Waals surface area contributed by atoms with Gasteiger partial charge < -0.3 is 5.43 Å². The summed E-state index contributed by atoms with van der Waals surface area (Å²) in [6.07, 6.45) is 7.33. The van der Waals surface area contributed by atoms with Gasteiger partial charge >= 0.3 is 0 Å². The molecule has 120 valence electrons. The van der Waals surface area contributed by atoms with Gasteiger partial charge in [-0.25, -0.2) is 0 Å². The fourth-order valence-corrected chi connectivity index (χ4v) is 2.99. The van der Waals surface area contributed by atoms with Crippen LogP contribution in [0.25, 0.3) is 5.69 Å². The first-order chi connectivity index (χ1) is 11.2. The summed E-state index contributed by atoms with van der Waals surface area (Å²) in [5.74, 6) is 0.493. The Hall–Kier alpha value is -2.08. The molecule has 6 heteroatoms. The van der Waals surface area contributed by atoms with Gasteiger partial charge in [0.05, 0.1) is 17.6 Å². The number of para-hydroxylation sites is 1. The zero-order valence-electron chi connectivity index (χ0n) is 12.9. The maximum absolute atomic E-state index is 12.5. The highest BCUT2D eigenvalue weighted by Gasteiger charge is 2.14. The minimum Gasteiger partial charge on any atom is -0.305 e. The second-order valence-electron chi connectivity index (χ2n) is 5.67. The first-order valence-electron chi connectivity index (χ1n) is 7.72. The minimum absolute atomic E-state index is 0.200. The zero-order valence-corrected chi connectivity index (χ0v) is 14.5. The van der Waals surface area contributed by atoms with Gasteiger partial charge in [-0.2, -0.15) is 9.78 Å². The molecular weight excluding hydrogens is 356 g/mol. The quantitative estimate of drug-likeness (QED) is 0.802. The van der Waals surface area contributed by atoms with Crippen LogP contribution in [-0.4, -0.2) is 9.78 Å². The molecule has 2 aromatic rings. The highest BCUT2D eigenvalue weighted by molar-refractivity contribution is 9.10. The van der Waals surface area contributed by atoms with E-state index in [1.807, 2.05) is 30.3 Å². The Morgan fingerprint density at radius 2 is 2.04 bits per heavy atom. The number of anilines is 1. The predicted molar refractivity (Wildman–Crippen MR) is 95.4 cm³/mol. The number of halogens is 1. The molecule has 0 saturated heterocycles. The number of hydrogen-bond donors (Lipinski definition) is 2. The maximum atomic E-state index is 12.5. The van der Waals surface area contributed by atoms with E-state index in [2.05, 4.69) is 44.9 Å². The van der Waals surface area contributed by atoms with Crippen LogP contribution in [0, 0.1) is 5.92 Å². The lowest BCUT2D eigenvalue weighted by atomic mass is 9.94. The van der Waals surface area contributed by atoms with Crippen molar-refractivity contribution < 1.29 is 0 Å². The first-order valence-corrected chi connectivity index (χ1v) is 8.51. The van der Waals surface area contributed by atoms with Crippen LogP contribution in [0.2, 0.25) is 0 Å². The molecular formula is C17H19BrN4O. The van der Waals surface area contributed by atoms with Gasteiger partial charge in [-0.1, -0.05) is 31.2 Å². The van der Waals surface area contributed by atoms with Crippen molar-refractivity contribution in [1.29, 1.82) is 0 Å². The highest BCUT2D eigenvalue weighted by Crippen LogP contribution is 2.23. The van der Waals surface area contributed by atoms with Crippen molar-refractivity contribution in [3.05, 3.63) is 63.1 Å². The fraction of sp³-hybridized carbons (Fsp3) is 0.294. The largest absolute Gasteiger partial charge is 0.305 e. The van der Waals surface area contributed by atoms with Crippen LogP contribution in [0.4, 0.5) is 5.69 Å². The Morgan fingerprint density at radius 1 is 1.26 bits per heavy atom. The van der Waals surface area contributed by atoms with Crippen molar-refractivity contribution >= 4 is 21.6 Å². The third-order valence-electron chi connectivity index (χ3n) is 4.00. The van der Waals surface area contributed by atoms with Crippen molar-refractivity contribution in [3.8, 4) is 5.69 Å². The van der Waals surface area contributed by atoms with Crippen LogP contribution in [0.5, 0.6) is 0 Å². The molecule has 2 N–H and O–H groups in total. The van der Waals surface area contributed by atoms with Crippen molar-refractivity contribution in [2.45, 2.75) is 26.2 Å². The van der Waals surface area contributed by atoms with E-state index in [9.17, 15) is 4.79 Å². The smallest absolute Gasteiger partial charge is 0.287 e. The lowest BCUT2D eigenvalue weighted by Gasteiger charge is -2.23. The van der Waals surface area contributed by atoms with Crippen LogP contribution in [0.15, 0.2) is 57.6 Å². The molecule has 0 aliphatic heterocycles. The normalized spacial score (nSPS) is 17.5. The topological polar surface area (TPSA) is 59.0 Å². The number of nitrogens with one attached hydrogen (secondary N) is 2. The van der Waals surface area contributed by atoms with Gasteiger partial charge in [0.2, 0.25) is 0 Å². The van der Waals surface area contributed by atoms with E-state index in [0.717, 1.165) is 17.8 Å². The van der Waals surface area contributed by atoms with Crippen LogP contribution in [0.1, 0.15) is 26.2 Å². The fourth-order valence-electron chi connectivity index (χ4n) is 2.63. The second kappa shape index (κ2) is 7.00. The monoisotopic (exact) mass is 374 g/mol. The average molecular weight is 375 g/mol. The van der Waals surface area contributed by atoms with E-state index >= 15 is 0 Å². The lowest BCUT2D eigenvalue weighted by Crippen LogP contribution is -2.29. The lowest BCUT2D eigenvalue weighted by molar-refractivity contribution is 0.522. The van der Waals surface area contributed by atoms with Crippen molar-refractivity contribution in [2.75, 3.05) is 5.43 Å². The minimum atomic E-state index is -0.200. The Balaban J connectivity index is 1.81. The third-order valence-corrected chi connectivity index (χ3v) is 4.76. The van der Waals surface area contributed by atoms with Gasteiger partial charge in [0.25, 0.3) is 5.56 Å². The Bertz CT molecular complexity index is 770. The Kier molecular flexibility index (Phi) is 4.81. The van der Waals surface area contributed by atoms with Gasteiger partial charge in [-0.15, -0.1) is 0 Å². The number of hydrogen-bond acceptors (Lipinski definition) is 4. The van der Waals surface area contributed by atoms with Gasteiger partial charge in [0.1, 0.15) is 4.47 Å². The SMILES string of the molecule is CC1CCCC=C1NNc1cnn(-c2ccccc2)c(=O)c1Br. The van der Waals surface area contributed by atoms with Gasteiger partial charge in [-0.3, -0.25) is 10.2 Å².